The van der Waals surface area contributed by atoms with Gasteiger partial charge in [0.25, 0.3) is 0 Å². The number of carbonyl (C=O) groups is 1. The highest BCUT2D eigenvalue weighted by molar-refractivity contribution is 5.84. The van der Waals surface area contributed by atoms with Gasteiger partial charge in [-0.3, -0.25) is 4.79 Å². The van der Waals surface area contributed by atoms with Crippen LogP contribution in [-0.2, 0) is 4.79 Å². The second-order valence-electron chi connectivity index (χ2n) is 5.51. The zero-order chi connectivity index (χ0) is 11.6. The minimum atomic E-state index is -0.171. The summed E-state index contributed by atoms with van der Waals surface area (Å²) in [5.41, 5.74) is 5.63. The highest BCUT2D eigenvalue weighted by Gasteiger charge is 2.45. The van der Waals surface area contributed by atoms with Crippen LogP contribution in [0.2, 0.25) is 0 Å². The molecule has 16 heavy (non-hydrogen) atoms. The number of amides is 1. The lowest BCUT2D eigenvalue weighted by atomic mass is 9.67. The van der Waals surface area contributed by atoms with Crippen LogP contribution in [0, 0.1) is 11.3 Å². The first kappa shape index (κ1) is 11.9. The van der Waals surface area contributed by atoms with Crippen LogP contribution in [0.3, 0.4) is 0 Å². The van der Waals surface area contributed by atoms with E-state index in [9.17, 15) is 4.79 Å². The molecular formula is C13H24N2O. The first-order valence-electron chi connectivity index (χ1n) is 6.71. The van der Waals surface area contributed by atoms with E-state index in [4.69, 9.17) is 5.73 Å². The van der Waals surface area contributed by atoms with Gasteiger partial charge >= 0.3 is 0 Å². The predicted octanol–water partition coefficient (Wildman–Crippen LogP) is 1.76. The molecule has 1 unspecified atom stereocenters. The van der Waals surface area contributed by atoms with Crippen LogP contribution in [0.4, 0.5) is 0 Å². The van der Waals surface area contributed by atoms with Crippen LogP contribution in [0.15, 0.2) is 0 Å². The second kappa shape index (κ2) is 4.74. The SMILES string of the molecule is CCC1CCCN(C(=O)C2(CN)CCC2)C1. The van der Waals surface area contributed by atoms with Crippen molar-refractivity contribution in [3.8, 4) is 0 Å². The number of hydrogen-bond donors (Lipinski definition) is 1. The van der Waals surface area contributed by atoms with E-state index in [1.807, 2.05) is 0 Å². The Balaban J connectivity index is 1.98. The summed E-state index contributed by atoms with van der Waals surface area (Å²) < 4.78 is 0. The Morgan fingerprint density at radius 3 is 2.69 bits per heavy atom. The van der Waals surface area contributed by atoms with Crippen molar-refractivity contribution < 1.29 is 4.79 Å². The van der Waals surface area contributed by atoms with E-state index in [2.05, 4.69) is 11.8 Å². The van der Waals surface area contributed by atoms with Gasteiger partial charge in [-0.25, -0.2) is 0 Å². The second-order valence-corrected chi connectivity index (χ2v) is 5.51. The van der Waals surface area contributed by atoms with Gasteiger partial charge in [-0.15, -0.1) is 0 Å². The topological polar surface area (TPSA) is 46.3 Å². The Morgan fingerprint density at radius 1 is 1.44 bits per heavy atom. The maximum atomic E-state index is 12.4. The number of nitrogens with two attached hydrogens (primary N) is 1. The Hall–Kier alpha value is -0.570. The van der Waals surface area contributed by atoms with Crippen LogP contribution in [0.25, 0.3) is 0 Å². The largest absolute Gasteiger partial charge is 0.342 e. The van der Waals surface area contributed by atoms with E-state index in [-0.39, 0.29) is 5.41 Å². The fraction of sp³-hybridized carbons (Fsp3) is 0.923. The summed E-state index contributed by atoms with van der Waals surface area (Å²) in [7, 11) is 0. The standard InChI is InChI=1S/C13H24N2O/c1-2-11-5-3-8-15(9-11)12(16)13(10-14)6-4-7-13/h11H,2-10,14H2,1H3. The Bertz CT molecular complexity index is 255. The molecule has 0 aromatic carbocycles. The molecule has 0 bridgehead atoms. The van der Waals surface area contributed by atoms with E-state index >= 15 is 0 Å². The molecule has 2 N–H and O–H groups in total. The number of likely N-dealkylation sites (tertiary alicyclic amines) is 1. The maximum absolute atomic E-state index is 12.4. The van der Waals surface area contributed by atoms with Crippen molar-refractivity contribution in [1.29, 1.82) is 0 Å². The molecule has 1 saturated heterocycles. The fourth-order valence-electron chi connectivity index (χ4n) is 3.03. The van der Waals surface area contributed by atoms with Gasteiger partial charge < -0.3 is 10.6 Å². The normalized spacial score (nSPS) is 28.6. The predicted molar refractivity (Wildman–Crippen MR) is 64.9 cm³/mol. The monoisotopic (exact) mass is 224 g/mol. The number of carbonyl (C=O) groups excluding carboxylic acids is 1. The van der Waals surface area contributed by atoms with Crippen molar-refractivity contribution in [2.45, 2.75) is 45.4 Å². The fourth-order valence-corrected chi connectivity index (χ4v) is 3.03. The molecule has 0 radical (unpaired) electrons. The molecule has 0 aromatic rings. The van der Waals surface area contributed by atoms with Crippen molar-refractivity contribution in [3.05, 3.63) is 0 Å². The molecule has 1 saturated carbocycles. The summed E-state index contributed by atoms with van der Waals surface area (Å²) in [5.74, 6) is 1.06. The molecule has 1 amide bonds. The molecule has 1 atom stereocenters. The van der Waals surface area contributed by atoms with Gasteiger partial charge in [-0.05, 0) is 31.6 Å². The van der Waals surface area contributed by atoms with E-state index < -0.39 is 0 Å². The smallest absolute Gasteiger partial charge is 0.230 e. The maximum Gasteiger partial charge on any atom is 0.230 e. The third-order valence-electron chi connectivity index (χ3n) is 4.54. The molecule has 1 aliphatic heterocycles. The van der Waals surface area contributed by atoms with Gasteiger partial charge in [0, 0.05) is 19.6 Å². The van der Waals surface area contributed by atoms with Gasteiger partial charge in [0.05, 0.1) is 5.41 Å². The van der Waals surface area contributed by atoms with Crippen molar-refractivity contribution >= 4 is 5.91 Å². The molecule has 2 fully saturated rings. The summed E-state index contributed by atoms with van der Waals surface area (Å²) in [6.45, 7) is 4.69. The third-order valence-corrected chi connectivity index (χ3v) is 4.54. The zero-order valence-electron chi connectivity index (χ0n) is 10.4. The minimum absolute atomic E-state index is 0.171. The molecule has 1 aliphatic carbocycles. The highest BCUT2D eigenvalue weighted by atomic mass is 16.2. The van der Waals surface area contributed by atoms with Gasteiger partial charge in [0.2, 0.25) is 5.91 Å². The average Bonchev–Trinajstić information content (AvgIpc) is 2.28. The third kappa shape index (κ3) is 1.97. The van der Waals surface area contributed by atoms with Gasteiger partial charge in [0.15, 0.2) is 0 Å². The van der Waals surface area contributed by atoms with E-state index in [1.165, 1.54) is 25.7 Å². The minimum Gasteiger partial charge on any atom is -0.342 e. The molecule has 92 valence electrons. The first-order chi connectivity index (χ1) is 7.72. The number of hydrogen-bond acceptors (Lipinski definition) is 2. The number of piperidine rings is 1. The molecule has 3 nitrogen and oxygen atoms in total. The molecule has 3 heteroatoms. The molecule has 2 aliphatic rings. The Morgan fingerprint density at radius 2 is 2.19 bits per heavy atom. The van der Waals surface area contributed by atoms with Crippen molar-refractivity contribution in [1.82, 2.24) is 4.90 Å². The average molecular weight is 224 g/mol. The van der Waals surface area contributed by atoms with Crippen LogP contribution >= 0.6 is 0 Å². The summed E-state index contributed by atoms with van der Waals surface area (Å²) in [6.07, 6.45) is 6.85. The van der Waals surface area contributed by atoms with E-state index in [1.54, 1.807) is 0 Å². The highest BCUT2D eigenvalue weighted by Crippen LogP contribution is 2.42. The van der Waals surface area contributed by atoms with Gasteiger partial charge in [-0.2, -0.15) is 0 Å². The Kier molecular flexibility index (Phi) is 3.53. The molecular weight excluding hydrogens is 200 g/mol. The van der Waals surface area contributed by atoms with Crippen LogP contribution in [0.1, 0.15) is 45.4 Å². The quantitative estimate of drug-likeness (QED) is 0.794. The lowest BCUT2D eigenvalue weighted by molar-refractivity contribution is -0.148. The summed E-state index contributed by atoms with van der Waals surface area (Å²) in [4.78, 5) is 14.5. The molecule has 2 rings (SSSR count). The van der Waals surface area contributed by atoms with E-state index in [0.717, 1.165) is 25.9 Å². The number of nitrogens with zero attached hydrogens (tertiary/aromatic N) is 1. The van der Waals surface area contributed by atoms with Gasteiger partial charge in [0.1, 0.15) is 0 Å². The van der Waals surface area contributed by atoms with Crippen LogP contribution in [0.5, 0.6) is 0 Å². The molecule has 0 spiro atoms. The van der Waals surface area contributed by atoms with Crippen molar-refractivity contribution in [2.75, 3.05) is 19.6 Å². The van der Waals surface area contributed by atoms with Crippen LogP contribution < -0.4 is 5.73 Å². The summed E-state index contributed by atoms with van der Waals surface area (Å²) in [6, 6.07) is 0. The van der Waals surface area contributed by atoms with Crippen LogP contribution in [-0.4, -0.2) is 30.4 Å². The zero-order valence-corrected chi connectivity index (χ0v) is 10.4. The lowest BCUT2D eigenvalue weighted by Gasteiger charge is -2.44. The Labute approximate surface area is 98.4 Å². The molecule has 0 aromatic heterocycles. The van der Waals surface area contributed by atoms with Crippen molar-refractivity contribution in [3.63, 3.8) is 0 Å². The van der Waals surface area contributed by atoms with Gasteiger partial charge in [-0.1, -0.05) is 19.8 Å². The molecule has 1 heterocycles. The van der Waals surface area contributed by atoms with Crippen molar-refractivity contribution in [2.24, 2.45) is 17.1 Å². The summed E-state index contributed by atoms with van der Waals surface area (Å²) >= 11 is 0. The first-order valence-corrected chi connectivity index (χ1v) is 6.71. The van der Waals surface area contributed by atoms with E-state index in [0.29, 0.717) is 18.4 Å². The summed E-state index contributed by atoms with van der Waals surface area (Å²) in [5, 5.41) is 0. The number of rotatable bonds is 3. The lowest BCUT2D eigenvalue weighted by Crippen LogP contribution is -2.54.